The van der Waals surface area contributed by atoms with Gasteiger partial charge in [0.15, 0.2) is 6.33 Å². The summed E-state index contributed by atoms with van der Waals surface area (Å²) >= 11 is 0. The van der Waals surface area contributed by atoms with Gasteiger partial charge in [-0.1, -0.05) is 6.08 Å². The Morgan fingerprint density at radius 1 is 1.38 bits per heavy atom. The number of tetrazole rings is 1. The Hall–Kier alpha value is -2.52. The standard InChI is InChI=1S/C16H17FN6O2.ClH/c17-15-7-12(1-2-14(15)11-3-5-18-6-4-11)22-8-13(25-16(22)24)9-23-20-10-19-21-23;/h1-3,7,10,13,18H,4-6,8-9H2;1H/t13-;/m1./s1. The number of carbonyl (C=O) groups excluding carboxylic acids is 1. The number of nitrogens with one attached hydrogen (secondary N) is 1. The largest absolute Gasteiger partial charge is 0.442 e. The quantitative estimate of drug-likeness (QED) is 0.867. The number of hydrogen-bond acceptors (Lipinski definition) is 6. The molecule has 138 valence electrons. The van der Waals surface area contributed by atoms with Gasteiger partial charge in [0, 0.05) is 12.1 Å². The van der Waals surface area contributed by atoms with Gasteiger partial charge in [-0.25, -0.2) is 9.18 Å². The zero-order valence-corrected chi connectivity index (χ0v) is 14.7. The van der Waals surface area contributed by atoms with Crippen LogP contribution in [-0.4, -0.2) is 52.0 Å². The number of anilines is 1. The van der Waals surface area contributed by atoms with E-state index in [0.717, 1.165) is 25.1 Å². The van der Waals surface area contributed by atoms with Crippen LogP contribution in [0.25, 0.3) is 5.57 Å². The van der Waals surface area contributed by atoms with Crippen LogP contribution < -0.4 is 10.2 Å². The molecule has 1 saturated heterocycles. The third-order valence-corrected chi connectivity index (χ3v) is 4.31. The predicted molar refractivity (Wildman–Crippen MR) is 94.5 cm³/mol. The molecule has 0 spiro atoms. The molecule has 1 aromatic carbocycles. The fraction of sp³-hybridized carbons (Fsp3) is 0.375. The fourth-order valence-electron chi connectivity index (χ4n) is 3.08. The molecule has 0 unspecified atom stereocenters. The number of cyclic esters (lactones) is 1. The van der Waals surface area contributed by atoms with Crippen LogP contribution in [0.1, 0.15) is 12.0 Å². The Balaban J connectivity index is 0.00000196. The maximum atomic E-state index is 14.5. The van der Waals surface area contributed by atoms with Crippen molar-refractivity contribution < 1.29 is 13.9 Å². The lowest BCUT2D eigenvalue weighted by atomic mass is 9.99. The molecule has 1 aromatic heterocycles. The molecule has 3 heterocycles. The first-order valence-corrected chi connectivity index (χ1v) is 8.09. The number of rotatable bonds is 4. The van der Waals surface area contributed by atoms with Crippen LogP contribution in [0, 0.1) is 5.82 Å². The molecule has 8 nitrogen and oxygen atoms in total. The van der Waals surface area contributed by atoms with Crippen LogP contribution in [0.2, 0.25) is 0 Å². The highest BCUT2D eigenvalue weighted by atomic mass is 35.5. The molecule has 1 amide bonds. The van der Waals surface area contributed by atoms with Crippen LogP contribution in [0.4, 0.5) is 14.9 Å². The summed E-state index contributed by atoms with van der Waals surface area (Å²) in [6, 6.07) is 4.86. The van der Waals surface area contributed by atoms with Crippen molar-refractivity contribution >= 4 is 29.8 Å². The van der Waals surface area contributed by atoms with Crippen molar-refractivity contribution in [1.82, 2.24) is 25.5 Å². The van der Waals surface area contributed by atoms with Crippen molar-refractivity contribution in [1.29, 1.82) is 0 Å². The van der Waals surface area contributed by atoms with Gasteiger partial charge >= 0.3 is 6.09 Å². The van der Waals surface area contributed by atoms with Crippen LogP contribution in [-0.2, 0) is 11.3 Å². The highest BCUT2D eigenvalue weighted by Crippen LogP contribution is 2.28. The normalized spacial score (nSPS) is 19.7. The molecule has 2 aliphatic heterocycles. The van der Waals surface area contributed by atoms with Gasteiger partial charge in [0.1, 0.15) is 18.5 Å². The van der Waals surface area contributed by atoms with E-state index in [1.165, 1.54) is 22.1 Å². The van der Waals surface area contributed by atoms with E-state index in [9.17, 15) is 9.18 Å². The van der Waals surface area contributed by atoms with Crippen molar-refractivity contribution in [3.8, 4) is 0 Å². The minimum absolute atomic E-state index is 0. The van der Waals surface area contributed by atoms with Crippen molar-refractivity contribution in [3.05, 3.63) is 42.0 Å². The topological polar surface area (TPSA) is 85.2 Å². The highest BCUT2D eigenvalue weighted by Gasteiger charge is 2.33. The summed E-state index contributed by atoms with van der Waals surface area (Å²) in [5.41, 5.74) is 2.05. The summed E-state index contributed by atoms with van der Waals surface area (Å²) < 4.78 is 19.8. The molecular weight excluding hydrogens is 363 g/mol. The SMILES string of the molecule is Cl.O=C1O[C@@H](Cn2ncnn2)CN1c1ccc(C2=CCNCC2)c(F)c1. The number of halogens is 2. The number of carbonyl (C=O) groups is 1. The summed E-state index contributed by atoms with van der Waals surface area (Å²) in [4.78, 5) is 14.9. The number of benzene rings is 1. The maximum Gasteiger partial charge on any atom is 0.414 e. The second-order valence-corrected chi connectivity index (χ2v) is 5.95. The first kappa shape index (κ1) is 18.3. The fourth-order valence-corrected chi connectivity index (χ4v) is 3.08. The van der Waals surface area contributed by atoms with Gasteiger partial charge in [0.25, 0.3) is 0 Å². The van der Waals surface area contributed by atoms with Gasteiger partial charge in [0.2, 0.25) is 0 Å². The van der Waals surface area contributed by atoms with E-state index in [4.69, 9.17) is 4.74 Å². The zero-order chi connectivity index (χ0) is 17.2. The van der Waals surface area contributed by atoms with E-state index in [1.807, 2.05) is 6.08 Å². The van der Waals surface area contributed by atoms with Crippen molar-refractivity contribution in [3.63, 3.8) is 0 Å². The second-order valence-electron chi connectivity index (χ2n) is 5.95. The third kappa shape index (κ3) is 3.68. The summed E-state index contributed by atoms with van der Waals surface area (Å²) in [5, 5.41) is 14.5. The zero-order valence-electron chi connectivity index (χ0n) is 13.8. The van der Waals surface area contributed by atoms with E-state index in [2.05, 4.69) is 20.7 Å². The Morgan fingerprint density at radius 3 is 2.96 bits per heavy atom. The molecule has 0 bridgehead atoms. The molecule has 26 heavy (non-hydrogen) atoms. The minimum atomic E-state index is -0.502. The molecule has 0 radical (unpaired) electrons. The van der Waals surface area contributed by atoms with Crippen molar-refractivity contribution in [2.75, 3.05) is 24.5 Å². The van der Waals surface area contributed by atoms with Crippen LogP contribution in [0.5, 0.6) is 0 Å². The molecule has 4 rings (SSSR count). The number of aromatic nitrogens is 4. The second kappa shape index (κ2) is 7.79. The molecule has 0 aliphatic carbocycles. The van der Waals surface area contributed by atoms with Crippen LogP contribution >= 0.6 is 12.4 Å². The molecular formula is C16H18ClFN6O2. The molecule has 1 atom stereocenters. The smallest absolute Gasteiger partial charge is 0.414 e. The van der Waals surface area contributed by atoms with E-state index < -0.39 is 12.2 Å². The monoisotopic (exact) mass is 380 g/mol. The lowest BCUT2D eigenvalue weighted by Crippen LogP contribution is -2.26. The van der Waals surface area contributed by atoms with E-state index >= 15 is 0 Å². The Kier molecular flexibility index (Phi) is 5.48. The first-order valence-electron chi connectivity index (χ1n) is 8.09. The molecule has 1 N–H and O–H groups in total. The van der Waals surface area contributed by atoms with Gasteiger partial charge in [-0.2, -0.15) is 4.80 Å². The lowest BCUT2D eigenvalue weighted by Gasteiger charge is -2.17. The Labute approximate surface area is 155 Å². The Morgan fingerprint density at radius 2 is 2.27 bits per heavy atom. The average Bonchev–Trinajstić information content (AvgIpc) is 3.25. The lowest BCUT2D eigenvalue weighted by molar-refractivity contribution is 0.126. The third-order valence-electron chi connectivity index (χ3n) is 4.31. The van der Waals surface area contributed by atoms with Gasteiger partial charge < -0.3 is 10.1 Å². The number of ether oxygens (including phenoxy) is 1. The van der Waals surface area contributed by atoms with Crippen LogP contribution in [0.15, 0.2) is 30.6 Å². The number of nitrogens with zero attached hydrogens (tertiary/aromatic N) is 5. The van der Waals surface area contributed by atoms with Gasteiger partial charge in [-0.15, -0.1) is 22.6 Å². The van der Waals surface area contributed by atoms with E-state index in [0.29, 0.717) is 24.3 Å². The highest BCUT2D eigenvalue weighted by molar-refractivity contribution is 5.90. The molecule has 0 saturated carbocycles. The van der Waals surface area contributed by atoms with Gasteiger partial charge in [0.05, 0.1) is 12.2 Å². The van der Waals surface area contributed by atoms with Crippen LogP contribution in [0.3, 0.4) is 0 Å². The van der Waals surface area contributed by atoms with Crippen molar-refractivity contribution in [2.24, 2.45) is 0 Å². The summed E-state index contributed by atoms with van der Waals surface area (Å²) in [5.74, 6) is -0.333. The molecule has 1 fully saturated rings. The Bertz CT molecular complexity index is 813. The maximum absolute atomic E-state index is 14.5. The molecule has 2 aromatic rings. The predicted octanol–water partition coefficient (Wildman–Crippen LogP) is 1.64. The molecule has 10 heteroatoms. The summed E-state index contributed by atoms with van der Waals surface area (Å²) in [6.07, 6.45) is 3.19. The minimum Gasteiger partial charge on any atom is -0.442 e. The summed E-state index contributed by atoms with van der Waals surface area (Å²) in [7, 11) is 0. The van der Waals surface area contributed by atoms with Crippen molar-refractivity contribution in [2.45, 2.75) is 19.1 Å². The number of hydrogen-bond donors (Lipinski definition) is 1. The summed E-state index contributed by atoms with van der Waals surface area (Å²) in [6.45, 7) is 2.20. The van der Waals surface area contributed by atoms with E-state index in [-0.39, 0.29) is 18.2 Å². The van der Waals surface area contributed by atoms with Gasteiger partial charge in [-0.3, -0.25) is 4.90 Å². The van der Waals surface area contributed by atoms with E-state index in [1.54, 1.807) is 12.1 Å². The molecule has 2 aliphatic rings. The number of amides is 1. The van der Waals surface area contributed by atoms with Gasteiger partial charge in [-0.05, 0) is 42.0 Å². The first-order chi connectivity index (χ1) is 12.2. The average molecular weight is 381 g/mol.